The summed E-state index contributed by atoms with van der Waals surface area (Å²) in [7, 11) is 0. The van der Waals surface area contributed by atoms with Gasteiger partial charge in [0.2, 0.25) is 0 Å². The number of fused-ring (bicyclic) bond motifs is 1. The number of nitrogens with two attached hydrogens (primary N) is 1. The molecule has 15 heavy (non-hydrogen) atoms. The number of hydrogen-bond acceptors (Lipinski definition) is 3. The van der Waals surface area contributed by atoms with Gasteiger partial charge in [0.25, 0.3) is 5.56 Å². The van der Waals surface area contributed by atoms with Crippen LogP contribution >= 0.6 is 0 Å². The third kappa shape index (κ3) is 1.64. The first-order valence-corrected chi connectivity index (χ1v) is 4.90. The van der Waals surface area contributed by atoms with Gasteiger partial charge in [0.1, 0.15) is 0 Å². The molecule has 4 heteroatoms. The molecule has 1 aromatic heterocycles. The molecule has 2 aromatic rings. The molecular weight excluding hydrogens is 190 g/mol. The lowest BCUT2D eigenvalue weighted by atomic mass is 10.2. The van der Waals surface area contributed by atoms with E-state index in [-0.39, 0.29) is 11.6 Å². The van der Waals surface area contributed by atoms with Gasteiger partial charge in [-0.2, -0.15) is 0 Å². The van der Waals surface area contributed by atoms with Crippen LogP contribution in [0.3, 0.4) is 0 Å². The molecule has 4 nitrogen and oxygen atoms in total. The average Bonchev–Trinajstić information content (AvgIpc) is 2.29. The minimum atomic E-state index is -0.0291. The Hall–Kier alpha value is -1.68. The topological polar surface area (TPSA) is 60.9 Å². The van der Waals surface area contributed by atoms with E-state index in [0.29, 0.717) is 11.9 Å². The Kier molecular flexibility index (Phi) is 2.51. The molecule has 0 fully saturated rings. The van der Waals surface area contributed by atoms with Crippen molar-refractivity contribution in [1.82, 2.24) is 9.55 Å². The van der Waals surface area contributed by atoms with Crippen molar-refractivity contribution in [2.24, 2.45) is 5.73 Å². The molecule has 0 aliphatic rings. The number of rotatable bonds is 2. The first kappa shape index (κ1) is 9.86. The summed E-state index contributed by atoms with van der Waals surface area (Å²) in [5.74, 6) is 0. The van der Waals surface area contributed by atoms with Crippen LogP contribution in [0.5, 0.6) is 0 Å². The zero-order valence-corrected chi connectivity index (χ0v) is 8.55. The fraction of sp³-hybridized carbons (Fsp3) is 0.273. The summed E-state index contributed by atoms with van der Waals surface area (Å²) in [6.45, 7) is 2.33. The van der Waals surface area contributed by atoms with Crippen LogP contribution in [0, 0.1) is 0 Å². The Labute approximate surface area is 87.4 Å². The van der Waals surface area contributed by atoms with Crippen molar-refractivity contribution in [2.75, 3.05) is 6.54 Å². The first-order chi connectivity index (χ1) is 7.24. The average molecular weight is 203 g/mol. The van der Waals surface area contributed by atoms with Crippen LogP contribution in [0.1, 0.15) is 13.0 Å². The maximum absolute atomic E-state index is 12.0. The molecule has 78 valence electrons. The molecule has 2 rings (SSSR count). The van der Waals surface area contributed by atoms with Crippen molar-refractivity contribution < 1.29 is 0 Å². The molecule has 0 spiro atoms. The lowest BCUT2D eigenvalue weighted by molar-refractivity contribution is 0.536. The van der Waals surface area contributed by atoms with Gasteiger partial charge in [0.05, 0.1) is 17.2 Å². The summed E-state index contributed by atoms with van der Waals surface area (Å²) in [5.41, 5.74) is 6.23. The van der Waals surface area contributed by atoms with Gasteiger partial charge in [0, 0.05) is 12.6 Å². The van der Waals surface area contributed by atoms with Crippen LogP contribution in [-0.4, -0.2) is 16.1 Å². The summed E-state index contributed by atoms with van der Waals surface area (Å²) in [6, 6.07) is 7.29. The van der Waals surface area contributed by atoms with Crippen LogP contribution in [-0.2, 0) is 0 Å². The molecule has 1 aromatic carbocycles. The van der Waals surface area contributed by atoms with Crippen molar-refractivity contribution in [3.63, 3.8) is 0 Å². The smallest absolute Gasteiger partial charge is 0.261 e. The van der Waals surface area contributed by atoms with Crippen LogP contribution in [0.25, 0.3) is 10.9 Å². The largest absolute Gasteiger partial charge is 0.328 e. The number of benzene rings is 1. The van der Waals surface area contributed by atoms with E-state index < -0.39 is 0 Å². The lowest BCUT2D eigenvalue weighted by Crippen LogP contribution is -2.27. The van der Waals surface area contributed by atoms with Crippen molar-refractivity contribution in [1.29, 1.82) is 0 Å². The monoisotopic (exact) mass is 203 g/mol. The number of hydrogen-bond donors (Lipinski definition) is 1. The zero-order valence-electron chi connectivity index (χ0n) is 8.55. The quantitative estimate of drug-likeness (QED) is 0.789. The lowest BCUT2D eigenvalue weighted by Gasteiger charge is -2.12. The van der Waals surface area contributed by atoms with E-state index in [1.54, 1.807) is 17.0 Å². The van der Waals surface area contributed by atoms with Crippen molar-refractivity contribution in [2.45, 2.75) is 13.0 Å². The highest BCUT2D eigenvalue weighted by Gasteiger charge is 2.07. The van der Waals surface area contributed by atoms with E-state index in [1.165, 1.54) is 0 Å². The number of nitrogens with zero attached hydrogens (tertiary/aromatic N) is 2. The number of para-hydroxylation sites is 1. The summed E-state index contributed by atoms with van der Waals surface area (Å²) in [6.07, 6.45) is 1.56. The molecule has 2 N–H and O–H groups in total. The molecule has 0 amide bonds. The molecular formula is C11H13N3O. The van der Waals surface area contributed by atoms with Gasteiger partial charge in [-0.1, -0.05) is 12.1 Å². The van der Waals surface area contributed by atoms with E-state index in [4.69, 9.17) is 5.73 Å². The highest BCUT2D eigenvalue weighted by atomic mass is 16.1. The summed E-state index contributed by atoms with van der Waals surface area (Å²) in [5, 5.41) is 0.639. The fourth-order valence-electron chi connectivity index (χ4n) is 1.51. The normalized spacial score (nSPS) is 12.9. The van der Waals surface area contributed by atoms with Gasteiger partial charge in [0.15, 0.2) is 0 Å². The van der Waals surface area contributed by atoms with E-state index in [0.717, 1.165) is 5.52 Å². The molecule has 0 radical (unpaired) electrons. The van der Waals surface area contributed by atoms with Gasteiger partial charge < -0.3 is 5.73 Å². The van der Waals surface area contributed by atoms with Crippen molar-refractivity contribution in [3.8, 4) is 0 Å². The summed E-state index contributed by atoms with van der Waals surface area (Å²) >= 11 is 0. The Balaban J connectivity index is 2.71. The van der Waals surface area contributed by atoms with E-state index in [1.807, 2.05) is 25.1 Å². The zero-order chi connectivity index (χ0) is 10.8. The van der Waals surface area contributed by atoms with Crippen LogP contribution in [0.15, 0.2) is 35.4 Å². The third-order valence-electron chi connectivity index (χ3n) is 2.51. The van der Waals surface area contributed by atoms with Gasteiger partial charge in [-0.25, -0.2) is 4.98 Å². The number of aromatic nitrogens is 2. The molecule has 0 saturated heterocycles. The molecule has 1 unspecified atom stereocenters. The maximum Gasteiger partial charge on any atom is 0.261 e. The molecule has 0 bridgehead atoms. The van der Waals surface area contributed by atoms with E-state index in [9.17, 15) is 4.79 Å². The summed E-state index contributed by atoms with van der Waals surface area (Å²) in [4.78, 5) is 16.2. The molecule has 1 atom stereocenters. The predicted molar refractivity (Wildman–Crippen MR) is 59.8 cm³/mol. The Morgan fingerprint density at radius 1 is 1.47 bits per heavy atom. The predicted octanol–water partition coefficient (Wildman–Crippen LogP) is 0.916. The van der Waals surface area contributed by atoms with Gasteiger partial charge in [-0.3, -0.25) is 9.36 Å². The Morgan fingerprint density at radius 3 is 2.93 bits per heavy atom. The Morgan fingerprint density at radius 2 is 2.20 bits per heavy atom. The second-order valence-corrected chi connectivity index (χ2v) is 3.56. The van der Waals surface area contributed by atoms with Gasteiger partial charge >= 0.3 is 0 Å². The van der Waals surface area contributed by atoms with Crippen LogP contribution in [0.2, 0.25) is 0 Å². The van der Waals surface area contributed by atoms with Gasteiger partial charge in [-0.05, 0) is 19.1 Å². The van der Waals surface area contributed by atoms with Crippen LogP contribution < -0.4 is 11.3 Å². The van der Waals surface area contributed by atoms with Crippen molar-refractivity contribution >= 4 is 10.9 Å². The first-order valence-electron chi connectivity index (χ1n) is 4.90. The second kappa shape index (κ2) is 3.82. The Bertz CT molecular complexity index is 533. The second-order valence-electron chi connectivity index (χ2n) is 3.56. The maximum atomic E-state index is 12.0. The standard InChI is InChI=1S/C11H13N3O/c1-8(6-12)14-7-13-10-5-3-2-4-9(10)11(14)15/h2-5,7-8H,6,12H2,1H3. The highest BCUT2D eigenvalue weighted by molar-refractivity contribution is 5.76. The minimum Gasteiger partial charge on any atom is -0.328 e. The highest BCUT2D eigenvalue weighted by Crippen LogP contribution is 2.07. The molecule has 0 saturated carbocycles. The van der Waals surface area contributed by atoms with Crippen LogP contribution in [0.4, 0.5) is 0 Å². The molecule has 0 aliphatic carbocycles. The van der Waals surface area contributed by atoms with E-state index in [2.05, 4.69) is 4.98 Å². The third-order valence-corrected chi connectivity index (χ3v) is 2.51. The fourth-order valence-corrected chi connectivity index (χ4v) is 1.51. The summed E-state index contributed by atoms with van der Waals surface area (Å²) < 4.78 is 1.57. The molecule has 0 aliphatic heterocycles. The minimum absolute atomic E-state index is 0.0189. The van der Waals surface area contributed by atoms with Crippen molar-refractivity contribution in [3.05, 3.63) is 40.9 Å². The van der Waals surface area contributed by atoms with Gasteiger partial charge in [-0.15, -0.1) is 0 Å². The van der Waals surface area contributed by atoms with E-state index >= 15 is 0 Å². The SMILES string of the molecule is CC(CN)n1cnc2ccccc2c1=O. The molecule has 1 heterocycles.